The summed E-state index contributed by atoms with van der Waals surface area (Å²) in [6, 6.07) is 51.5. The summed E-state index contributed by atoms with van der Waals surface area (Å²) in [5, 5.41) is 33.2. The third-order valence-corrected chi connectivity index (χ3v) is 14.8. The molecule has 8 rings (SSSR count). The number of ether oxygens (including phenoxy) is 7. The number of ketones is 4. The fourth-order valence-corrected chi connectivity index (χ4v) is 8.57. The molecule has 1 radical (unpaired) electrons. The van der Waals surface area contributed by atoms with Gasteiger partial charge in [0.05, 0.1) is 0 Å². The third-order valence-electron chi connectivity index (χ3n) is 13.2. The van der Waals surface area contributed by atoms with Crippen LogP contribution in [0.15, 0.2) is 194 Å². The number of hydrogen-bond acceptors (Lipinski definition) is 23. The van der Waals surface area contributed by atoms with E-state index in [1.54, 1.807) is 198 Å². The number of nitrogens with zero attached hydrogens (tertiary/aromatic N) is 3. The Morgan fingerprint density at radius 3 is 0.685 bits per heavy atom. The summed E-state index contributed by atoms with van der Waals surface area (Å²) < 4.78 is 36.2. The summed E-state index contributed by atoms with van der Waals surface area (Å²) in [5.74, 6) is -1.32. The Labute approximate surface area is 700 Å². The number of esters is 3. The van der Waals surface area contributed by atoms with Gasteiger partial charge in [-0.15, -0.1) is 30.3 Å². The second-order valence-corrected chi connectivity index (χ2v) is 47.9. The van der Waals surface area contributed by atoms with Gasteiger partial charge in [0, 0.05) is 87.0 Å². The van der Waals surface area contributed by atoms with E-state index in [4.69, 9.17) is 143 Å². The van der Waals surface area contributed by atoms with Crippen LogP contribution in [-0.2, 0) is 80.9 Å². The molecule has 0 aliphatic carbocycles. The van der Waals surface area contributed by atoms with Crippen LogP contribution in [0.2, 0.25) is 20.1 Å². The Bertz CT molecular complexity index is 4260. The Morgan fingerprint density at radius 2 is 0.523 bits per heavy atom. The van der Waals surface area contributed by atoms with Crippen LogP contribution in [0.4, 0.5) is 0 Å². The molecule has 0 unspecified atom stereocenters. The predicted octanol–water partition coefficient (Wildman–Crippen LogP) is 18.9. The van der Waals surface area contributed by atoms with E-state index in [2.05, 4.69) is 19.1 Å². The summed E-state index contributed by atoms with van der Waals surface area (Å²) in [4.78, 5) is 133. The monoisotopic (exact) mass is 1900 g/mol. The van der Waals surface area contributed by atoms with Crippen molar-refractivity contribution in [2.75, 3.05) is 19.7 Å². The number of carbonyl (C=O) groups is 8. The predicted molar refractivity (Wildman–Crippen MR) is 409 cm³/mol. The normalized spacial score (nSPS) is 10.6. The van der Waals surface area contributed by atoms with E-state index in [9.17, 15) is 58.6 Å². The molecular weight excluding hydrogens is 1840 g/mol. The van der Waals surface area contributed by atoms with Crippen molar-refractivity contribution in [3.05, 3.63) is 289 Å². The molecule has 8 aromatic carbocycles. The molecule has 0 heterocycles. The van der Waals surface area contributed by atoms with Crippen LogP contribution in [-0.4, -0.2) is 109 Å². The zero-order valence-electron chi connectivity index (χ0n) is 58.4. The van der Waals surface area contributed by atoms with Crippen molar-refractivity contribution in [3.8, 4) is 23.0 Å². The van der Waals surface area contributed by atoms with Gasteiger partial charge in [0.25, 0.3) is 20.5 Å². The first-order chi connectivity index (χ1) is 50.7. The van der Waals surface area contributed by atoms with Gasteiger partial charge in [0.2, 0.25) is 13.6 Å². The number of benzene rings is 8. The van der Waals surface area contributed by atoms with Crippen molar-refractivity contribution >= 4 is 150 Å². The molecule has 0 fully saturated rings. The van der Waals surface area contributed by atoms with E-state index < -0.39 is 89.9 Å². The molecule has 0 aromatic heterocycles. The van der Waals surface area contributed by atoms with Crippen molar-refractivity contribution in [2.24, 2.45) is 0 Å². The molecule has 39 heteroatoms. The van der Waals surface area contributed by atoms with Crippen LogP contribution in [0.25, 0.3) is 0 Å². The van der Waals surface area contributed by atoms with Crippen LogP contribution in [0, 0.1) is 30.3 Å². The van der Waals surface area contributed by atoms with Crippen molar-refractivity contribution in [2.45, 2.75) is 85.2 Å². The van der Waals surface area contributed by atoms with Crippen molar-refractivity contribution in [1.82, 2.24) is 0 Å². The van der Waals surface area contributed by atoms with Gasteiger partial charge in [0.1, 0.15) is 23.0 Å². The molecule has 27 nitrogen and oxygen atoms in total. The van der Waals surface area contributed by atoms with Crippen LogP contribution < -0.4 is 18.9 Å². The number of rotatable bonds is 27. The van der Waals surface area contributed by atoms with E-state index in [0.29, 0.717) is 87.6 Å². The quantitative estimate of drug-likeness (QED) is 0.00575. The molecule has 8 aromatic rings. The molecule has 0 atom stereocenters. The summed E-state index contributed by atoms with van der Waals surface area (Å²) in [6.07, 6.45) is 0. The molecule has 0 saturated carbocycles. The Hall–Kier alpha value is -8.16. The standard InChI is InChI=1S/C18H16Cl2O4.2C18H16ClNO7.C17H14Cl2O3.CH4.Ag.4ClH.HNO3.Zr/c1-18(2,17(22)23-11-19)24-15-9-5-13(6-10-15)16(21)12-3-7-14(20)8-4-12;2*1-18(2,17(22)25-11-26-20(23)24)27-15-9-5-13(6-10-15)16(21)12-3-7-14(19)8-4-12;1-17(2,16(19)21)22-14-9-5-12(6-10-14)15(20)11-3-7-13(18)8-4-11;;;;;;;2-1(3)4;/h3-10H,11H2,1-2H3;2*3-10H,11H2,1-2H3;3-10H,1-2H3;1H4;;4*1H;(H,2,3,4);/q;;;;;;;;;;;+4/p-4. The third kappa shape index (κ3) is 38.3. The van der Waals surface area contributed by atoms with Crippen molar-refractivity contribution in [3.63, 3.8) is 0 Å². The van der Waals surface area contributed by atoms with Gasteiger partial charge >= 0.3 is 67.5 Å². The zero-order chi connectivity index (χ0) is 82.2. The Kier molecular flexibility index (Phi) is 43.6. The fourth-order valence-electron chi connectivity index (χ4n) is 7.93. The van der Waals surface area contributed by atoms with Crippen LogP contribution in [0.1, 0.15) is 127 Å². The molecule has 1 N–H and O–H groups in total. The van der Waals surface area contributed by atoms with Crippen LogP contribution in [0.5, 0.6) is 23.0 Å². The van der Waals surface area contributed by atoms with E-state index in [0.717, 1.165) is 0 Å². The van der Waals surface area contributed by atoms with Gasteiger partial charge < -0.3 is 38.4 Å². The summed E-state index contributed by atoms with van der Waals surface area (Å²) in [6.45, 7) is 10.4. The van der Waals surface area contributed by atoms with Gasteiger partial charge in [-0.2, -0.15) is 0 Å². The SMILES string of the molecule is C.CC(C)(Oc1ccc(C(=O)c2ccc(Cl)cc2)cc1)C(=O)Cl.CC(C)(Oc1ccc(C(=O)c2ccc(Cl)cc2)cc1)C(=O)OCCl.CC(C)(Oc1ccc(C(=O)c2ccc(Cl)cc2)cc1)C(=O)OCO[N+](=O)[O-].CC(C)(Oc1ccc(C(=O)c2ccc(Cl)cc2)cc1)C(=O)OCO[N+](=O)[O-].O=[N+]([O-])O.[Ag].[Cl][Zr]([Cl])([Cl])[Cl]. The first kappa shape index (κ1) is 101. The average Bonchev–Trinajstić information content (AvgIpc) is 0.835. The molecule has 599 valence electrons. The van der Waals surface area contributed by atoms with E-state index >= 15 is 0 Å². The van der Waals surface area contributed by atoms with E-state index in [1.165, 1.54) is 52.0 Å². The second kappa shape index (κ2) is 48.0. The Morgan fingerprint density at radius 1 is 0.360 bits per heavy atom. The first-order valence-corrected chi connectivity index (χ1v) is 45.6. The average molecular weight is 1910 g/mol. The molecule has 0 saturated heterocycles. The molecule has 0 aliphatic rings. The second-order valence-electron chi connectivity index (χ2n) is 23.2. The van der Waals surface area contributed by atoms with Gasteiger partial charge in [-0.05, 0) is 261 Å². The summed E-state index contributed by atoms with van der Waals surface area (Å²) in [7, 11) is 20.1. The molecule has 0 amide bonds. The zero-order valence-corrected chi connectivity index (χ0v) is 69.9. The van der Waals surface area contributed by atoms with Gasteiger partial charge in [-0.3, -0.25) is 33.6 Å². The van der Waals surface area contributed by atoms with Gasteiger partial charge in [0.15, 0.2) is 51.6 Å². The number of halogens is 10. The minimum absolute atomic E-state index is 0. The maximum atomic E-state index is 12.4. The summed E-state index contributed by atoms with van der Waals surface area (Å²) >= 11 is 30.8. The van der Waals surface area contributed by atoms with E-state index in [-0.39, 0.29) is 59.0 Å². The molecule has 0 aliphatic heterocycles. The van der Waals surface area contributed by atoms with Crippen molar-refractivity contribution in [1.29, 1.82) is 0 Å². The van der Waals surface area contributed by atoms with Gasteiger partial charge in [-0.25, -0.2) is 14.4 Å². The number of alkyl halides is 1. The van der Waals surface area contributed by atoms with Gasteiger partial charge in [-0.1, -0.05) is 65.4 Å². The maximum absolute atomic E-state index is 12.4. The minimum atomic E-state index is -3.29. The molecular formula is C72H67AgCl10N3O24Zr. The number of carbonyl (C=O) groups excluding carboxylic acids is 8. The van der Waals surface area contributed by atoms with Crippen LogP contribution >= 0.6 is 104 Å². The van der Waals surface area contributed by atoms with Crippen molar-refractivity contribution < 1.29 is 140 Å². The first-order valence-electron chi connectivity index (χ1n) is 30.5. The molecule has 0 spiro atoms. The van der Waals surface area contributed by atoms with Crippen LogP contribution in [0.3, 0.4) is 0 Å². The topological polar surface area (TPSA) is 369 Å². The number of hydrogen-bond donors (Lipinski definition) is 1. The summed E-state index contributed by atoms with van der Waals surface area (Å²) in [5.41, 5.74) is -1.17. The Balaban J connectivity index is 0.000000709. The molecule has 0 bridgehead atoms. The molecule has 111 heavy (non-hydrogen) atoms. The van der Waals surface area contributed by atoms with E-state index in [1.807, 2.05) is 0 Å². The fraction of sp³-hybridized carbons (Fsp3) is 0.222.